The van der Waals surface area contributed by atoms with E-state index in [9.17, 15) is 9.59 Å². The molecule has 1 atom stereocenters. The molecule has 2 aromatic heterocycles. The van der Waals surface area contributed by atoms with E-state index in [1.165, 1.54) is 28.6 Å². The largest absolute Gasteiger partial charge is 0.353 e. The molecule has 1 amide bonds. The summed E-state index contributed by atoms with van der Waals surface area (Å²) in [4.78, 5) is 31.5. The summed E-state index contributed by atoms with van der Waals surface area (Å²) in [6.07, 6.45) is 5.28. The molecule has 1 unspecified atom stereocenters. The highest BCUT2D eigenvalue weighted by Gasteiger charge is 2.21. The topological polar surface area (TPSA) is 64.0 Å². The van der Waals surface area contributed by atoms with Gasteiger partial charge in [0.05, 0.1) is 11.1 Å². The number of amides is 1. The van der Waals surface area contributed by atoms with Crippen LogP contribution in [0.25, 0.3) is 10.2 Å². The zero-order valence-electron chi connectivity index (χ0n) is 14.3. The van der Waals surface area contributed by atoms with Crippen molar-refractivity contribution in [1.29, 1.82) is 0 Å². The number of carbonyl (C=O) groups excluding carboxylic acids is 1. The maximum atomic E-state index is 12.8. The van der Waals surface area contributed by atoms with Crippen LogP contribution in [-0.2, 0) is 24.7 Å². The lowest BCUT2D eigenvalue weighted by Crippen LogP contribution is -2.33. The van der Waals surface area contributed by atoms with Crippen LogP contribution < -0.4 is 10.9 Å². The van der Waals surface area contributed by atoms with Crippen LogP contribution in [0, 0.1) is 0 Å². The van der Waals surface area contributed by atoms with Gasteiger partial charge in [-0.25, -0.2) is 4.98 Å². The third kappa shape index (κ3) is 3.37. The number of nitrogens with one attached hydrogen (secondary N) is 1. The number of carbonyl (C=O) groups is 1. The Morgan fingerprint density at radius 1 is 1.42 bits per heavy atom. The highest BCUT2D eigenvalue weighted by molar-refractivity contribution is 7.99. The molecule has 0 spiro atoms. The number of hydrogen-bond donors (Lipinski definition) is 1. The van der Waals surface area contributed by atoms with E-state index < -0.39 is 0 Å². The van der Waals surface area contributed by atoms with E-state index >= 15 is 0 Å². The fourth-order valence-electron chi connectivity index (χ4n) is 2.94. The quantitative estimate of drug-likeness (QED) is 0.654. The van der Waals surface area contributed by atoms with Crippen LogP contribution in [0.1, 0.15) is 43.6 Å². The lowest BCUT2D eigenvalue weighted by molar-refractivity contribution is -0.119. The highest BCUT2D eigenvalue weighted by atomic mass is 32.2. The van der Waals surface area contributed by atoms with E-state index in [-0.39, 0.29) is 23.3 Å². The van der Waals surface area contributed by atoms with Crippen molar-refractivity contribution in [3.05, 3.63) is 20.8 Å². The summed E-state index contributed by atoms with van der Waals surface area (Å²) in [5, 5.41) is 4.35. The standard InChI is InChI=1S/C17H23N3O2S2/c1-4-10(2)18-13(21)9-23-17-19-15-14(16(22)20(17)3)11-7-5-6-8-12(11)24-15/h10H,4-9H2,1-3H3,(H,18,21). The van der Waals surface area contributed by atoms with Gasteiger partial charge in [0, 0.05) is 18.0 Å². The second-order valence-corrected chi connectivity index (χ2v) is 8.34. The van der Waals surface area contributed by atoms with Gasteiger partial charge in [-0.2, -0.15) is 0 Å². The number of aryl methyl sites for hydroxylation is 2. The fraction of sp³-hybridized carbons (Fsp3) is 0.588. The van der Waals surface area contributed by atoms with Gasteiger partial charge in [0.2, 0.25) is 5.91 Å². The number of rotatable bonds is 5. The SMILES string of the molecule is CCC(C)NC(=O)CSc1nc2sc3c(c2c(=O)n1C)CCCC3. The molecule has 0 aromatic carbocycles. The van der Waals surface area contributed by atoms with E-state index in [0.29, 0.717) is 5.16 Å². The minimum Gasteiger partial charge on any atom is -0.353 e. The van der Waals surface area contributed by atoms with Crippen molar-refractivity contribution < 1.29 is 4.79 Å². The first-order chi connectivity index (χ1) is 11.5. The minimum absolute atomic E-state index is 0.0178. The van der Waals surface area contributed by atoms with Crippen molar-refractivity contribution in [3.8, 4) is 0 Å². The molecule has 0 radical (unpaired) electrons. The van der Waals surface area contributed by atoms with Gasteiger partial charge in [-0.1, -0.05) is 18.7 Å². The Hall–Kier alpha value is -1.34. The molecule has 7 heteroatoms. The summed E-state index contributed by atoms with van der Waals surface area (Å²) in [5.41, 5.74) is 1.23. The Kier molecular flexibility index (Phi) is 5.30. The van der Waals surface area contributed by atoms with E-state index in [1.54, 1.807) is 23.0 Å². The molecule has 24 heavy (non-hydrogen) atoms. The monoisotopic (exact) mass is 365 g/mol. The number of hydrogen-bond acceptors (Lipinski definition) is 5. The summed E-state index contributed by atoms with van der Waals surface area (Å²) in [6, 6.07) is 0.168. The first-order valence-electron chi connectivity index (χ1n) is 8.44. The van der Waals surface area contributed by atoms with Crippen LogP contribution in [0.3, 0.4) is 0 Å². The van der Waals surface area contributed by atoms with Gasteiger partial charge in [-0.05, 0) is 44.6 Å². The molecular weight excluding hydrogens is 342 g/mol. The molecule has 0 bridgehead atoms. The Morgan fingerprint density at radius 3 is 2.92 bits per heavy atom. The predicted molar refractivity (Wildman–Crippen MR) is 100 cm³/mol. The van der Waals surface area contributed by atoms with Gasteiger partial charge in [0.25, 0.3) is 5.56 Å². The van der Waals surface area contributed by atoms with Crippen molar-refractivity contribution in [2.45, 2.75) is 57.1 Å². The summed E-state index contributed by atoms with van der Waals surface area (Å²) < 4.78 is 1.59. The molecule has 0 fully saturated rings. The summed E-state index contributed by atoms with van der Waals surface area (Å²) in [6.45, 7) is 4.02. The third-order valence-corrected chi connectivity index (χ3v) is 6.72. The Balaban J connectivity index is 1.86. The molecule has 2 aromatic rings. The van der Waals surface area contributed by atoms with E-state index in [2.05, 4.69) is 10.3 Å². The second kappa shape index (κ2) is 7.27. The molecule has 1 N–H and O–H groups in total. The summed E-state index contributed by atoms with van der Waals surface area (Å²) >= 11 is 2.98. The molecule has 3 rings (SSSR count). The average molecular weight is 366 g/mol. The molecular formula is C17H23N3O2S2. The average Bonchev–Trinajstić information content (AvgIpc) is 2.95. The van der Waals surface area contributed by atoms with Crippen LogP contribution in [0.2, 0.25) is 0 Å². The lowest BCUT2D eigenvalue weighted by atomic mass is 9.97. The summed E-state index contributed by atoms with van der Waals surface area (Å²) in [7, 11) is 1.75. The molecule has 0 saturated carbocycles. The molecule has 130 valence electrons. The fourth-order valence-corrected chi connectivity index (χ4v) is 5.03. The van der Waals surface area contributed by atoms with Crippen LogP contribution >= 0.6 is 23.1 Å². The van der Waals surface area contributed by atoms with Crippen LogP contribution in [0.5, 0.6) is 0 Å². The van der Waals surface area contributed by atoms with Gasteiger partial charge in [-0.15, -0.1) is 11.3 Å². The molecule has 0 aliphatic heterocycles. The number of nitrogens with zero attached hydrogens (tertiary/aromatic N) is 2. The predicted octanol–water partition coefficient (Wildman–Crippen LogP) is 2.88. The first-order valence-corrected chi connectivity index (χ1v) is 10.2. The molecule has 1 aliphatic carbocycles. The van der Waals surface area contributed by atoms with Crippen molar-refractivity contribution >= 4 is 39.2 Å². The number of aromatic nitrogens is 2. The maximum absolute atomic E-state index is 12.8. The van der Waals surface area contributed by atoms with E-state index in [0.717, 1.165) is 35.9 Å². The zero-order chi connectivity index (χ0) is 17.3. The number of fused-ring (bicyclic) bond motifs is 3. The molecule has 1 aliphatic rings. The molecule has 2 heterocycles. The van der Waals surface area contributed by atoms with Crippen LogP contribution in [0.15, 0.2) is 9.95 Å². The highest BCUT2D eigenvalue weighted by Crippen LogP contribution is 2.34. The van der Waals surface area contributed by atoms with Gasteiger partial charge in [0.15, 0.2) is 5.16 Å². The number of thiophene rings is 1. The Labute approximate surface area is 149 Å². The van der Waals surface area contributed by atoms with E-state index in [1.807, 2.05) is 13.8 Å². The van der Waals surface area contributed by atoms with Crippen molar-refractivity contribution in [2.24, 2.45) is 7.05 Å². The lowest BCUT2D eigenvalue weighted by Gasteiger charge is -2.12. The van der Waals surface area contributed by atoms with Crippen LogP contribution in [-0.4, -0.2) is 27.3 Å². The number of thioether (sulfide) groups is 1. The van der Waals surface area contributed by atoms with Crippen molar-refractivity contribution in [2.75, 3.05) is 5.75 Å². The van der Waals surface area contributed by atoms with Gasteiger partial charge in [-0.3, -0.25) is 14.2 Å². The van der Waals surface area contributed by atoms with Crippen molar-refractivity contribution in [1.82, 2.24) is 14.9 Å². The molecule has 0 saturated heterocycles. The second-order valence-electron chi connectivity index (χ2n) is 6.32. The third-order valence-electron chi connectivity index (χ3n) is 4.51. The van der Waals surface area contributed by atoms with E-state index in [4.69, 9.17) is 0 Å². The van der Waals surface area contributed by atoms with Gasteiger partial charge < -0.3 is 5.32 Å². The van der Waals surface area contributed by atoms with Gasteiger partial charge in [0.1, 0.15) is 4.83 Å². The maximum Gasteiger partial charge on any atom is 0.262 e. The van der Waals surface area contributed by atoms with Gasteiger partial charge >= 0.3 is 0 Å². The normalized spacial score (nSPS) is 15.3. The minimum atomic E-state index is -0.0193. The Bertz CT molecular complexity index is 825. The zero-order valence-corrected chi connectivity index (χ0v) is 16.0. The van der Waals surface area contributed by atoms with Crippen molar-refractivity contribution in [3.63, 3.8) is 0 Å². The van der Waals surface area contributed by atoms with Crippen LogP contribution in [0.4, 0.5) is 0 Å². The summed E-state index contributed by atoms with van der Waals surface area (Å²) in [5.74, 6) is 0.260. The Morgan fingerprint density at radius 2 is 2.17 bits per heavy atom. The smallest absolute Gasteiger partial charge is 0.262 e. The first kappa shape index (κ1) is 17.5. The molecule has 5 nitrogen and oxygen atoms in total.